The lowest BCUT2D eigenvalue weighted by Gasteiger charge is -2.08. The number of carbonyl (C=O) groups excluding carboxylic acids is 1. The highest BCUT2D eigenvalue weighted by Crippen LogP contribution is 2.23. The molecule has 1 aromatic heterocycles. The molecule has 0 aliphatic rings. The summed E-state index contributed by atoms with van der Waals surface area (Å²) in [7, 11) is 0. The molecule has 110 valence electrons. The second-order valence-corrected chi connectivity index (χ2v) is 6.58. The van der Waals surface area contributed by atoms with Gasteiger partial charge >= 0.3 is 0 Å². The van der Waals surface area contributed by atoms with E-state index in [0.29, 0.717) is 21.5 Å². The van der Waals surface area contributed by atoms with Crippen LogP contribution in [0.15, 0.2) is 47.6 Å². The number of thioether (sulfide) groups is 1. The van der Waals surface area contributed by atoms with Gasteiger partial charge in [0, 0.05) is 22.2 Å². The number of pyridine rings is 1. The number of benzene rings is 1. The van der Waals surface area contributed by atoms with Crippen LogP contribution >= 0.6 is 23.4 Å². The quantitative estimate of drug-likeness (QED) is 0.798. The van der Waals surface area contributed by atoms with Gasteiger partial charge in [-0.1, -0.05) is 25.4 Å². The first-order chi connectivity index (χ1) is 10.1. The third-order valence-electron chi connectivity index (χ3n) is 3.00. The van der Waals surface area contributed by atoms with Crippen molar-refractivity contribution in [1.29, 1.82) is 0 Å². The van der Waals surface area contributed by atoms with Crippen molar-refractivity contribution in [2.24, 2.45) is 0 Å². The maximum Gasteiger partial charge on any atom is 0.257 e. The Hall–Kier alpha value is -1.52. The first kappa shape index (κ1) is 15.9. The van der Waals surface area contributed by atoms with Crippen LogP contribution in [-0.4, -0.2) is 16.1 Å². The highest BCUT2D eigenvalue weighted by atomic mass is 35.5. The maximum atomic E-state index is 12.1. The average molecular weight is 321 g/mol. The van der Waals surface area contributed by atoms with Crippen LogP contribution < -0.4 is 5.32 Å². The Kier molecular flexibility index (Phi) is 5.65. The Labute approximate surface area is 134 Å². The second-order valence-electron chi connectivity index (χ2n) is 4.68. The molecule has 0 aliphatic heterocycles. The third kappa shape index (κ3) is 4.76. The lowest BCUT2D eigenvalue weighted by atomic mass is 10.2. The molecule has 2 aromatic rings. The Morgan fingerprint density at radius 1 is 1.29 bits per heavy atom. The fourth-order valence-corrected chi connectivity index (χ4v) is 2.58. The predicted molar refractivity (Wildman–Crippen MR) is 89.3 cm³/mol. The normalized spacial score (nSPS) is 12.0. The van der Waals surface area contributed by atoms with Gasteiger partial charge in [-0.15, -0.1) is 11.8 Å². The van der Waals surface area contributed by atoms with Crippen LogP contribution in [0.3, 0.4) is 0 Å². The monoisotopic (exact) mass is 320 g/mol. The summed E-state index contributed by atoms with van der Waals surface area (Å²) in [5.74, 6) is -0.176. The predicted octanol–water partition coefficient (Wildman–Crippen LogP) is 4.88. The minimum atomic E-state index is -0.176. The number of anilines is 1. The standard InChI is InChI=1S/C16H17ClN2OS/c1-3-11(2)21-15-9-4-12(10-18-15)16(20)19-14-7-5-13(17)6-8-14/h4-11H,3H2,1-2H3,(H,19,20). The number of halogens is 1. The van der Waals surface area contributed by atoms with Gasteiger partial charge < -0.3 is 5.32 Å². The van der Waals surface area contributed by atoms with E-state index >= 15 is 0 Å². The average Bonchev–Trinajstić information content (AvgIpc) is 2.50. The topological polar surface area (TPSA) is 42.0 Å². The fourth-order valence-electron chi connectivity index (χ4n) is 1.61. The van der Waals surface area contributed by atoms with E-state index in [-0.39, 0.29) is 5.91 Å². The van der Waals surface area contributed by atoms with E-state index < -0.39 is 0 Å². The van der Waals surface area contributed by atoms with Crippen LogP contribution in [0.5, 0.6) is 0 Å². The minimum Gasteiger partial charge on any atom is -0.322 e. The van der Waals surface area contributed by atoms with Crippen molar-refractivity contribution in [2.45, 2.75) is 30.5 Å². The van der Waals surface area contributed by atoms with E-state index in [9.17, 15) is 4.79 Å². The van der Waals surface area contributed by atoms with Gasteiger partial charge in [-0.3, -0.25) is 4.79 Å². The zero-order valence-corrected chi connectivity index (χ0v) is 13.5. The largest absolute Gasteiger partial charge is 0.322 e. The minimum absolute atomic E-state index is 0.176. The third-order valence-corrected chi connectivity index (χ3v) is 4.47. The van der Waals surface area contributed by atoms with Gasteiger partial charge in [0.05, 0.1) is 10.6 Å². The number of carbonyl (C=O) groups is 1. The highest BCUT2D eigenvalue weighted by Gasteiger charge is 2.08. The Bertz CT molecular complexity index is 599. The molecule has 0 spiro atoms. The summed E-state index contributed by atoms with van der Waals surface area (Å²) in [5.41, 5.74) is 1.25. The number of aromatic nitrogens is 1. The summed E-state index contributed by atoms with van der Waals surface area (Å²) in [4.78, 5) is 16.4. The van der Waals surface area contributed by atoms with Gasteiger partial charge in [0.25, 0.3) is 5.91 Å². The molecule has 1 amide bonds. The first-order valence-corrected chi connectivity index (χ1v) is 8.04. The number of hydrogen-bond acceptors (Lipinski definition) is 3. The number of nitrogens with one attached hydrogen (secondary N) is 1. The van der Waals surface area contributed by atoms with E-state index in [1.54, 1.807) is 48.3 Å². The van der Waals surface area contributed by atoms with Crippen LogP contribution in [0.4, 0.5) is 5.69 Å². The Balaban J connectivity index is 2.01. The molecule has 1 N–H and O–H groups in total. The molecule has 1 unspecified atom stereocenters. The zero-order valence-electron chi connectivity index (χ0n) is 12.0. The van der Waals surface area contributed by atoms with Crippen LogP contribution in [0.1, 0.15) is 30.6 Å². The van der Waals surface area contributed by atoms with Gasteiger partial charge in [0.15, 0.2) is 0 Å². The number of amides is 1. The van der Waals surface area contributed by atoms with Crippen LogP contribution in [0.2, 0.25) is 5.02 Å². The molecule has 21 heavy (non-hydrogen) atoms. The number of nitrogens with zero attached hydrogens (tertiary/aromatic N) is 1. The van der Waals surface area contributed by atoms with E-state index in [0.717, 1.165) is 11.4 Å². The van der Waals surface area contributed by atoms with Crippen molar-refractivity contribution in [2.75, 3.05) is 5.32 Å². The van der Waals surface area contributed by atoms with E-state index in [1.165, 1.54) is 0 Å². The van der Waals surface area contributed by atoms with Crippen molar-refractivity contribution in [3.05, 3.63) is 53.2 Å². The summed E-state index contributed by atoms with van der Waals surface area (Å²) in [6.45, 7) is 4.30. The molecule has 2 rings (SSSR count). The van der Waals surface area contributed by atoms with Gasteiger partial charge in [0.2, 0.25) is 0 Å². The van der Waals surface area contributed by atoms with Crippen LogP contribution in [-0.2, 0) is 0 Å². The van der Waals surface area contributed by atoms with Crippen LogP contribution in [0, 0.1) is 0 Å². The van der Waals surface area contributed by atoms with E-state index in [1.807, 2.05) is 6.07 Å². The smallest absolute Gasteiger partial charge is 0.257 e. The molecule has 0 aliphatic carbocycles. The van der Waals surface area contributed by atoms with Crippen molar-refractivity contribution in [3.63, 3.8) is 0 Å². The number of rotatable bonds is 5. The van der Waals surface area contributed by atoms with Gasteiger partial charge in [-0.25, -0.2) is 4.98 Å². The number of hydrogen-bond donors (Lipinski definition) is 1. The van der Waals surface area contributed by atoms with Gasteiger partial charge in [-0.05, 0) is 42.8 Å². The summed E-state index contributed by atoms with van der Waals surface area (Å²) < 4.78 is 0. The summed E-state index contributed by atoms with van der Waals surface area (Å²) >= 11 is 7.52. The molecular weight excluding hydrogens is 304 g/mol. The van der Waals surface area contributed by atoms with Gasteiger partial charge in [0.1, 0.15) is 0 Å². The highest BCUT2D eigenvalue weighted by molar-refractivity contribution is 7.99. The summed E-state index contributed by atoms with van der Waals surface area (Å²) in [5, 5.41) is 4.91. The molecule has 5 heteroatoms. The Morgan fingerprint density at radius 3 is 2.57 bits per heavy atom. The zero-order chi connectivity index (χ0) is 15.2. The van der Waals surface area contributed by atoms with Crippen molar-refractivity contribution < 1.29 is 4.79 Å². The second kappa shape index (κ2) is 7.48. The molecule has 0 fully saturated rings. The van der Waals surface area contributed by atoms with Crippen molar-refractivity contribution in [3.8, 4) is 0 Å². The van der Waals surface area contributed by atoms with Crippen LogP contribution in [0.25, 0.3) is 0 Å². The van der Waals surface area contributed by atoms with Gasteiger partial charge in [-0.2, -0.15) is 0 Å². The molecule has 1 heterocycles. The molecule has 0 saturated heterocycles. The molecule has 0 bridgehead atoms. The summed E-state index contributed by atoms with van der Waals surface area (Å²) in [6, 6.07) is 10.7. The molecule has 0 saturated carbocycles. The molecule has 0 radical (unpaired) electrons. The summed E-state index contributed by atoms with van der Waals surface area (Å²) in [6.07, 6.45) is 2.70. The lowest BCUT2D eigenvalue weighted by molar-refractivity contribution is 0.102. The first-order valence-electron chi connectivity index (χ1n) is 6.78. The molecule has 1 atom stereocenters. The molecule has 1 aromatic carbocycles. The van der Waals surface area contributed by atoms with E-state index in [2.05, 4.69) is 24.1 Å². The molecular formula is C16H17ClN2OS. The SMILES string of the molecule is CCC(C)Sc1ccc(C(=O)Nc2ccc(Cl)cc2)cn1. The lowest BCUT2D eigenvalue weighted by Crippen LogP contribution is -2.12. The maximum absolute atomic E-state index is 12.1. The van der Waals surface area contributed by atoms with Crippen molar-refractivity contribution >= 4 is 35.0 Å². The molecule has 3 nitrogen and oxygen atoms in total. The fraction of sp³-hybridized carbons (Fsp3) is 0.250. The van der Waals surface area contributed by atoms with Crippen molar-refractivity contribution in [1.82, 2.24) is 4.98 Å². The van der Waals surface area contributed by atoms with E-state index in [4.69, 9.17) is 11.6 Å². The Morgan fingerprint density at radius 2 is 2.00 bits per heavy atom.